The first kappa shape index (κ1) is 14.4. The quantitative estimate of drug-likeness (QED) is 0.871. The molecule has 106 valence electrons. The van der Waals surface area contributed by atoms with Gasteiger partial charge >= 0.3 is 0 Å². The lowest BCUT2D eigenvalue weighted by Gasteiger charge is -2.46. The summed E-state index contributed by atoms with van der Waals surface area (Å²) in [6, 6.07) is 6.08. The van der Waals surface area contributed by atoms with Crippen molar-refractivity contribution in [2.24, 2.45) is 11.3 Å². The van der Waals surface area contributed by atoms with E-state index in [1.54, 1.807) is 7.11 Å². The topological polar surface area (TPSA) is 29.5 Å². The Morgan fingerprint density at radius 2 is 1.95 bits per heavy atom. The van der Waals surface area contributed by atoms with Gasteiger partial charge in [0.15, 0.2) is 0 Å². The second-order valence-electron chi connectivity index (χ2n) is 6.90. The summed E-state index contributed by atoms with van der Waals surface area (Å²) in [5.41, 5.74) is 1.69. The third kappa shape index (κ3) is 2.64. The first-order chi connectivity index (χ1) is 8.78. The van der Waals surface area contributed by atoms with E-state index in [0.29, 0.717) is 5.41 Å². The molecule has 1 saturated carbocycles. The van der Waals surface area contributed by atoms with E-state index in [2.05, 4.69) is 33.8 Å². The van der Waals surface area contributed by atoms with Crippen LogP contribution < -0.4 is 4.74 Å². The zero-order chi connectivity index (χ0) is 14.3. The molecule has 0 heterocycles. The van der Waals surface area contributed by atoms with Crippen LogP contribution in [0.4, 0.5) is 0 Å². The highest BCUT2D eigenvalue weighted by Crippen LogP contribution is 2.50. The molecule has 0 aliphatic heterocycles. The molecule has 2 heteroatoms. The molecule has 0 aromatic heterocycles. The Hall–Kier alpha value is -1.02. The Labute approximate surface area is 116 Å². The van der Waals surface area contributed by atoms with Gasteiger partial charge in [-0.2, -0.15) is 0 Å². The maximum absolute atomic E-state index is 11.2. The van der Waals surface area contributed by atoms with Crippen LogP contribution in [0, 0.1) is 18.3 Å². The molecule has 1 aliphatic rings. The highest BCUT2D eigenvalue weighted by molar-refractivity contribution is 5.41. The molecule has 1 aromatic carbocycles. The van der Waals surface area contributed by atoms with Crippen molar-refractivity contribution < 1.29 is 9.84 Å². The number of hydrogen-bond donors (Lipinski definition) is 1. The number of aryl methyl sites for hydroxylation is 1. The summed E-state index contributed by atoms with van der Waals surface area (Å²) in [6.45, 7) is 8.79. The van der Waals surface area contributed by atoms with Gasteiger partial charge in [0.2, 0.25) is 0 Å². The Balaban J connectivity index is 2.42. The lowest BCUT2D eigenvalue weighted by atomic mass is 9.63. The van der Waals surface area contributed by atoms with Gasteiger partial charge in [0.1, 0.15) is 5.75 Å². The van der Waals surface area contributed by atoms with Crippen molar-refractivity contribution in [2.45, 2.75) is 52.6 Å². The Morgan fingerprint density at radius 3 is 2.53 bits per heavy atom. The van der Waals surface area contributed by atoms with Crippen molar-refractivity contribution in [1.29, 1.82) is 0 Å². The Kier molecular flexibility index (Phi) is 3.65. The molecule has 0 bridgehead atoms. The minimum atomic E-state index is -0.757. The lowest BCUT2D eigenvalue weighted by Crippen LogP contribution is -2.42. The fourth-order valence-corrected chi connectivity index (χ4v) is 3.44. The van der Waals surface area contributed by atoms with E-state index in [4.69, 9.17) is 4.74 Å². The molecule has 1 N–H and O–H groups in total. The van der Waals surface area contributed by atoms with Gasteiger partial charge < -0.3 is 9.84 Å². The van der Waals surface area contributed by atoms with Crippen molar-refractivity contribution >= 4 is 0 Å². The number of aliphatic hydroxyl groups is 1. The van der Waals surface area contributed by atoms with E-state index in [0.717, 1.165) is 30.6 Å². The molecule has 2 rings (SSSR count). The Bertz CT molecular complexity index is 464. The molecule has 1 aliphatic carbocycles. The van der Waals surface area contributed by atoms with Crippen molar-refractivity contribution in [2.75, 3.05) is 7.11 Å². The number of benzene rings is 1. The largest absolute Gasteiger partial charge is 0.496 e. The van der Waals surface area contributed by atoms with Crippen LogP contribution in [0.1, 0.15) is 51.2 Å². The fraction of sp³-hybridized carbons (Fsp3) is 0.647. The van der Waals surface area contributed by atoms with Crippen molar-refractivity contribution in [3.63, 3.8) is 0 Å². The molecule has 0 amide bonds. The highest BCUT2D eigenvalue weighted by Gasteiger charge is 2.44. The van der Waals surface area contributed by atoms with Crippen LogP contribution in [-0.4, -0.2) is 12.2 Å². The van der Waals surface area contributed by atoms with Crippen molar-refractivity contribution in [3.05, 3.63) is 29.3 Å². The minimum absolute atomic E-state index is 0.243. The van der Waals surface area contributed by atoms with E-state index >= 15 is 0 Å². The Morgan fingerprint density at radius 1 is 1.26 bits per heavy atom. The van der Waals surface area contributed by atoms with E-state index in [-0.39, 0.29) is 5.92 Å². The molecule has 1 aromatic rings. The molecule has 2 unspecified atom stereocenters. The van der Waals surface area contributed by atoms with Crippen LogP contribution in [0.15, 0.2) is 18.2 Å². The minimum Gasteiger partial charge on any atom is -0.496 e. The van der Waals surface area contributed by atoms with Crippen LogP contribution in [0.3, 0.4) is 0 Å². The first-order valence-electron chi connectivity index (χ1n) is 7.16. The fourth-order valence-electron chi connectivity index (χ4n) is 3.44. The number of ether oxygens (including phenoxy) is 1. The van der Waals surface area contributed by atoms with Gasteiger partial charge in [-0.05, 0) is 49.7 Å². The van der Waals surface area contributed by atoms with Crippen LogP contribution in [0.25, 0.3) is 0 Å². The second-order valence-corrected chi connectivity index (χ2v) is 6.90. The predicted octanol–water partition coefficient (Wildman–Crippen LogP) is 4.04. The summed E-state index contributed by atoms with van der Waals surface area (Å²) in [6.07, 6.45) is 2.90. The molecule has 2 atom stereocenters. The number of methoxy groups -OCH3 is 1. The lowest BCUT2D eigenvalue weighted by molar-refractivity contribution is -0.0782. The molecule has 19 heavy (non-hydrogen) atoms. The summed E-state index contributed by atoms with van der Waals surface area (Å²) >= 11 is 0. The maximum atomic E-state index is 11.2. The van der Waals surface area contributed by atoms with Crippen LogP contribution in [0.5, 0.6) is 5.75 Å². The maximum Gasteiger partial charge on any atom is 0.124 e. The smallest absolute Gasteiger partial charge is 0.124 e. The van der Waals surface area contributed by atoms with Gasteiger partial charge in [-0.1, -0.05) is 32.4 Å². The SMILES string of the molecule is COc1ccc(C)cc1C1(O)CCC(C)(C)CC1C. The second kappa shape index (κ2) is 4.82. The highest BCUT2D eigenvalue weighted by atomic mass is 16.5. The number of rotatable bonds is 2. The van der Waals surface area contributed by atoms with E-state index in [1.165, 1.54) is 5.56 Å². The van der Waals surface area contributed by atoms with E-state index in [9.17, 15) is 5.11 Å². The zero-order valence-electron chi connectivity index (χ0n) is 12.8. The van der Waals surface area contributed by atoms with Crippen molar-refractivity contribution in [1.82, 2.24) is 0 Å². The van der Waals surface area contributed by atoms with Gasteiger partial charge in [-0.25, -0.2) is 0 Å². The molecule has 0 saturated heterocycles. The molecule has 0 spiro atoms. The molecule has 1 fully saturated rings. The summed E-state index contributed by atoms with van der Waals surface area (Å²) in [7, 11) is 1.68. The van der Waals surface area contributed by atoms with Gasteiger partial charge in [-0.15, -0.1) is 0 Å². The summed E-state index contributed by atoms with van der Waals surface area (Å²) in [5, 5.41) is 11.2. The number of hydrogen-bond acceptors (Lipinski definition) is 2. The van der Waals surface area contributed by atoms with Crippen LogP contribution in [-0.2, 0) is 5.60 Å². The standard InChI is InChI=1S/C17H26O2/c1-12-6-7-15(19-5)14(10-12)17(18)9-8-16(3,4)11-13(17)2/h6-7,10,13,18H,8-9,11H2,1-5H3. The third-order valence-electron chi connectivity index (χ3n) is 4.68. The summed E-state index contributed by atoms with van der Waals surface area (Å²) in [4.78, 5) is 0. The molecular weight excluding hydrogens is 236 g/mol. The van der Waals surface area contributed by atoms with E-state index < -0.39 is 5.60 Å². The van der Waals surface area contributed by atoms with Gasteiger partial charge in [-0.3, -0.25) is 0 Å². The first-order valence-corrected chi connectivity index (χ1v) is 7.16. The van der Waals surface area contributed by atoms with Crippen LogP contribution in [0.2, 0.25) is 0 Å². The van der Waals surface area contributed by atoms with Gasteiger partial charge in [0.25, 0.3) is 0 Å². The molecule has 0 radical (unpaired) electrons. The third-order valence-corrected chi connectivity index (χ3v) is 4.68. The van der Waals surface area contributed by atoms with Gasteiger partial charge in [0, 0.05) is 5.56 Å². The molecule has 2 nitrogen and oxygen atoms in total. The zero-order valence-corrected chi connectivity index (χ0v) is 12.8. The van der Waals surface area contributed by atoms with Crippen LogP contribution >= 0.6 is 0 Å². The van der Waals surface area contributed by atoms with Crippen molar-refractivity contribution in [3.8, 4) is 5.75 Å². The van der Waals surface area contributed by atoms with Gasteiger partial charge in [0.05, 0.1) is 12.7 Å². The average molecular weight is 262 g/mol. The predicted molar refractivity (Wildman–Crippen MR) is 78.4 cm³/mol. The summed E-state index contributed by atoms with van der Waals surface area (Å²) < 4.78 is 5.46. The monoisotopic (exact) mass is 262 g/mol. The summed E-state index contributed by atoms with van der Waals surface area (Å²) in [5.74, 6) is 1.05. The average Bonchev–Trinajstić information content (AvgIpc) is 2.34. The van der Waals surface area contributed by atoms with E-state index in [1.807, 2.05) is 12.1 Å². The molecular formula is C17H26O2. The normalized spacial score (nSPS) is 30.1.